The normalized spacial score (nSPS) is 11.7. The Hall–Kier alpha value is -1.62. The molecule has 0 unspecified atom stereocenters. The average Bonchev–Trinajstić information content (AvgIpc) is 3.05. The fourth-order valence-corrected chi connectivity index (χ4v) is 3.19. The Kier molecular flexibility index (Phi) is 9.06. The van der Waals surface area contributed by atoms with Gasteiger partial charge in [-0.15, -0.1) is 24.0 Å². The van der Waals surface area contributed by atoms with Crippen molar-refractivity contribution in [2.45, 2.75) is 18.7 Å². The highest BCUT2D eigenvalue weighted by atomic mass is 127. The van der Waals surface area contributed by atoms with Crippen LogP contribution in [0.5, 0.6) is 0 Å². The van der Waals surface area contributed by atoms with Crippen LogP contribution in [0.1, 0.15) is 16.9 Å². The zero-order valence-electron chi connectivity index (χ0n) is 14.7. The minimum Gasteiger partial charge on any atom is -0.469 e. The average molecular weight is 495 g/mol. The van der Waals surface area contributed by atoms with Crippen LogP contribution in [0.25, 0.3) is 0 Å². The van der Waals surface area contributed by atoms with E-state index in [0.717, 1.165) is 12.0 Å². The quantitative estimate of drug-likeness (QED) is 0.351. The van der Waals surface area contributed by atoms with Crippen molar-refractivity contribution >= 4 is 39.8 Å². The lowest BCUT2D eigenvalue weighted by Crippen LogP contribution is -2.38. The summed E-state index contributed by atoms with van der Waals surface area (Å²) in [6, 6.07) is 7.82. The highest BCUT2D eigenvalue weighted by Gasteiger charge is 2.11. The molecule has 1 aromatic heterocycles. The van der Waals surface area contributed by atoms with E-state index < -0.39 is 15.7 Å². The second kappa shape index (κ2) is 10.5. The molecule has 0 saturated carbocycles. The standard InChI is InChI=1S/C17H22FN3O3S.HI/c1-19-17(20-8-7-16-4-3-9-24-16)21-11-14-10-15(18)6-5-13(14)12-25(2,22)23;/h3-6,9-10H,7-8,11-12H2,1-2H3,(H2,19,20,21);1H. The van der Waals surface area contributed by atoms with Crippen molar-refractivity contribution in [3.8, 4) is 0 Å². The summed E-state index contributed by atoms with van der Waals surface area (Å²) in [7, 11) is -1.57. The van der Waals surface area contributed by atoms with Crippen LogP contribution in [0.4, 0.5) is 4.39 Å². The lowest BCUT2D eigenvalue weighted by atomic mass is 10.1. The van der Waals surface area contributed by atoms with Gasteiger partial charge in [-0.3, -0.25) is 4.99 Å². The minimum atomic E-state index is -3.20. The summed E-state index contributed by atoms with van der Waals surface area (Å²) in [6.07, 6.45) is 3.48. The van der Waals surface area contributed by atoms with E-state index in [-0.39, 0.29) is 36.3 Å². The topological polar surface area (TPSA) is 83.7 Å². The zero-order chi connectivity index (χ0) is 18.3. The third-order valence-corrected chi connectivity index (χ3v) is 4.34. The summed E-state index contributed by atoms with van der Waals surface area (Å²) in [5.41, 5.74) is 1.15. The van der Waals surface area contributed by atoms with E-state index in [1.165, 1.54) is 18.2 Å². The van der Waals surface area contributed by atoms with Gasteiger partial charge >= 0.3 is 0 Å². The fraction of sp³-hybridized carbons (Fsp3) is 0.353. The van der Waals surface area contributed by atoms with Crippen molar-refractivity contribution < 1.29 is 17.2 Å². The molecule has 144 valence electrons. The first-order valence-electron chi connectivity index (χ1n) is 7.79. The van der Waals surface area contributed by atoms with Gasteiger partial charge in [0.1, 0.15) is 11.6 Å². The van der Waals surface area contributed by atoms with Crippen molar-refractivity contribution in [2.75, 3.05) is 19.8 Å². The number of furan rings is 1. The number of guanidine groups is 1. The maximum atomic E-state index is 13.5. The van der Waals surface area contributed by atoms with Crippen molar-refractivity contribution in [3.63, 3.8) is 0 Å². The van der Waals surface area contributed by atoms with Gasteiger partial charge in [-0.2, -0.15) is 0 Å². The molecule has 0 aliphatic rings. The van der Waals surface area contributed by atoms with Crippen LogP contribution in [0.3, 0.4) is 0 Å². The molecular weight excluding hydrogens is 472 g/mol. The lowest BCUT2D eigenvalue weighted by Gasteiger charge is -2.14. The third kappa shape index (κ3) is 7.73. The van der Waals surface area contributed by atoms with Crippen LogP contribution in [0.15, 0.2) is 46.0 Å². The number of nitrogens with one attached hydrogen (secondary N) is 2. The number of sulfone groups is 1. The highest BCUT2D eigenvalue weighted by molar-refractivity contribution is 14.0. The summed E-state index contributed by atoms with van der Waals surface area (Å²) in [6.45, 7) is 0.884. The second-order valence-corrected chi connectivity index (χ2v) is 7.81. The molecule has 2 rings (SSSR count). The first-order chi connectivity index (χ1) is 11.9. The Morgan fingerprint density at radius 3 is 2.62 bits per heavy atom. The predicted molar refractivity (Wildman–Crippen MR) is 111 cm³/mol. The Balaban J connectivity index is 0.00000338. The SMILES string of the molecule is CN=C(NCCc1ccco1)NCc1cc(F)ccc1CS(C)(=O)=O.I. The van der Waals surface area contributed by atoms with Gasteiger partial charge < -0.3 is 15.1 Å². The summed E-state index contributed by atoms with van der Waals surface area (Å²) < 4.78 is 41.8. The molecule has 26 heavy (non-hydrogen) atoms. The Labute approximate surface area is 170 Å². The Morgan fingerprint density at radius 2 is 2.00 bits per heavy atom. The smallest absolute Gasteiger partial charge is 0.191 e. The minimum absolute atomic E-state index is 0. The molecule has 9 heteroatoms. The van der Waals surface area contributed by atoms with Gasteiger partial charge in [-0.05, 0) is 35.4 Å². The molecule has 0 aliphatic heterocycles. The maximum absolute atomic E-state index is 13.5. The van der Waals surface area contributed by atoms with Gasteiger partial charge in [0.15, 0.2) is 15.8 Å². The number of nitrogens with zero attached hydrogens (tertiary/aromatic N) is 1. The summed E-state index contributed by atoms with van der Waals surface area (Å²) in [4.78, 5) is 4.10. The monoisotopic (exact) mass is 495 g/mol. The van der Waals surface area contributed by atoms with E-state index in [1.54, 1.807) is 13.3 Å². The molecule has 1 aromatic carbocycles. The molecule has 0 aliphatic carbocycles. The Morgan fingerprint density at radius 1 is 1.23 bits per heavy atom. The molecule has 0 saturated heterocycles. The van der Waals surface area contributed by atoms with Gasteiger partial charge in [0.25, 0.3) is 0 Å². The first-order valence-corrected chi connectivity index (χ1v) is 9.85. The molecule has 0 spiro atoms. The maximum Gasteiger partial charge on any atom is 0.191 e. The van der Waals surface area contributed by atoms with Crippen molar-refractivity contribution in [2.24, 2.45) is 4.99 Å². The molecule has 6 nitrogen and oxygen atoms in total. The van der Waals surface area contributed by atoms with Crippen LogP contribution in [0.2, 0.25) is 0 Å². The Bertz CT molecular complexity index is 824. The number of hydrogen-bond donors (Lipinski definition) is 2. The molecule has 0 fully saturated rings. The predicted octanol–water partition coefficient (Wildman–Crippen LogP) is 2.49. The van der Waals surface area contributed by atoms with E-state index in [9.17, 15) is 12.8 Å². The van der Waals surface area contributed by atoms with Crippen molar-refractivity contribution in [1.29, 1.82) is 0 Å². The van der Waals surface area contributed by atoms with Crippen LogP contribution in [0, 0.1) is 5.82 Å². The molecule has 0 bridgehead atoms. The summed E-state index contributed by atoms with van der Waals surface area (Å²) in [5, 5.41) is 6.19. The third-order valence-electron chi connectivity index (χ3n) is 3.50. The number of benzene rings is 1. The van der Waals surface area contributed by atoms with E-state index in [0.29, 0.717) is 30.1 Å². The van der Waals surface area contributed by atoms with E-state index in [1.807, 2.05) is 12.1 Å². The molecule has 2 aromatic rings. The second-order valence-electron chi connectivity index (χ2n) is 5.67. The molecular formula is C17H23FIN3O3S. The van der Waals surface area contributed by atoms with E-state index in [4.69, 9.17) is 4.42 Å². The zero-order valence-corrected chi connectivity index (χ0v) is 17.8. The van der Waals surface area contributed by atoms with Gasteiger partial charge in [0, 0.05) is 32.8 Å². The summed E-state index contributed by atoms with van der Waals surface area (Å²) >= 11 is 0. The number of rotatable bonds is 7. The van der Waals surface area contributed by atoms with Crippen molar-refractivity contribution in [3.05, 3.63) is 59.3 Å². The van der Waals surface area contributed by atoms with Gasteiger partial charge in [0.2, 0.25) is 0 Å². The van der Waals surface area contributed by atoms with E-state index >= 15 is 0 Å². The summed E-state index contributed by atoms with van der Waals surface area (Å²) in [5.74, 6) is 0.869. The van der Waals surface area contributed by atoms with Gasteiger partial charge in [-0.25, -0.2) is 12.8 Å². The lowest BCUT2D eigenvalue weighted by molar-refractivity contribution is 0.507. The van der Waals surface area contributed by atoms with Crippen LogP contribution in [-0.2, 0) is 28.6 Å². The fourth-order valence-electron chi connectivity index (χ4n) is 2.34. The molecule has 0 atom stereocenters. The van der Waals surface area contributed by atoms with Crippen LogP contribution < -0.4 is 10.6 Å². The molecule has 0 amide bonds. The van der Waals surface area contributed by atoms with Crippen molar-refractivity contribution in [1.82, 2.24) is 10.6 Å². The number of halogens is 2. The highest BCUT2D eigenvalue weighted by Crippen LogP contribution is 2.14. The largest absolute Gasteiger partial charge is 0.469 e. The molecule has 2 N–H and O–H groups in total. The molecule has 0 radical (unpaired) electrons. The molecule has 1 heterocycles. The van der Waals surface area contributed by atoms with E-state index in [2.05, 4.69) is 15.6 Å². The van der Waals surface area contributed by atoms with Crippen LogP contribution >= 0.6 is 24.0 Å². The van der Waals surface area contributed by atoms with Crippen LogP contribution in [-0.4, -0.2) is 34.2 Å². The van der Waals surface area contributed by atoms with Gasteiger partial charge in [-0.1, -0.05) is 6.07 Å². The number of aliphatic imine (C=N–C) groups is 1. The first kappa shape index (κ1) is 22.4. The number of hydrogen-bond acceptors (Lipinski definition) is 4. The van der Waals surface area contributed by atoms with Gasteiger partial charge in [0.05, 0.1) is 12.0 Å².